The van der Waals surface area contributed by atoms with Gasteiger partial charge in [-0.3, -0.25) is 4.98 Å². The van der Waals surface area contributed by atoms with Gasteiger partial charge in [-0.25, -0.2) is 0 Å². The Bertz CT molecular complexity index is 545. The number of fused-ring (bicyclic) bond motifs is 1. The van der Waals surface area contributed by atoms with Crippen LogP contribution in [-0.4, -0.2) is 12.0 Å². The molecule has 0 radical (unpaired) electrons. The minimum absolute atomic E-state index is 0.369. The number of aryl methyl sites for hydroxylation is 1. The van der Waals surface area contributed by atoms with Crippen LogP contribution < -0.4 is 5.32 Å². The zero-order valence-electron chi connectivity index (χ0n) is 10.9. The van der Waals surface area contributed by atoms with Crippen LogP contribution in [-0.2, 0) is 6.42 Å². The largest absolute Gasteiger partial charge is 0.312 e. The Balaban J connectivity index is 1.89. The molecule has 2 atom stereocenters. The molecule has 0 spiro atoms. The van der Waals surface area contributed by atoms with Crippen molar-refractivity contribution in [2.45, 2.75) is 25.3 Å². The highest BCUT2D eigenvalue weighted by Gasteiger charge is 2.32. The zero-order chi connectivity index (χ0) is 12.5. The Kier molecular flexibility index (Phi) is 2.88. The molecule has 2 heteroatoms. The predicted octanol–water partition coefficient (Wildman–Crippen LogP) is 2.99. The summed E-state index contributed by atoms with van der Waals surface area (Å²) in [6.45, 7) is 2.02. The highest BCUT2D eigenvalue weighted by atomic mass is 14.9. The standard InChI is InChI=1S/C16H18N2/c1-11-7-8-13(10-18-11)16(17-2)15-9-12-5-3-4-6-14(12)15/h3-8,10,15-17H,9H2,1-2H3. The van der Waals surface area contributed by atoms with Crippen LogP contribution in [0.4, 0.5) is 0 Å². The van der Waals surface area contributed by atoms with Gasteiger partial charge in [-0.1, -0.05) is 30.3 Å². The fraction of sp³-hybridized carbons (Fsp3) is 0.312. The van der Waals surface area contributed by atoms with E-state index in [1.165, 1.54) is 16.7 Å². The number of likely N-dealkylation sites (N-methyl/N-ethyl adjacent to an activating group) is 1. The Morgan fingerprint density at radius 2 is 2.06 bits per heavy atom. The lowest BCUT2D eigenvalue weighted by atomic mass is 9.72. The molecule has 0 saturated heterocycles. The van der Waals surface area contributed by atoms with Crippen LogP contribution in [0.3, 0.4) is 0 Å². The summed E-state index contributed by atoms with van der Waals surface area (Å²) in [5.41, 5.74) is 5.32. The number of rotatable bonds is 3. The monoisotopic (exact) mass is 238 g/mol. The molecule has 2 unspecified atom stereocenters. The lowest BCUT2D eigenvalue weighted by Gasteiger charge is -2.36. The molecule has 0 aliphatic heterocycles. The van der Waals surface area contributed by atoms with E-state index in [0.29, 0.717) is 12.0 Å². The maximum atomic E-state index is 4.40. The second kappa shape index (κ2) is 4.54. The van der Waals surface area contributed by atoms with E-state index in [0.717, 1.165) is 12.1 Å². The fourth-order valence-electron chi connectivity index (χ4n) is 2.86. The Morgan fingerprint density at radius 1 is 1.22 bits per heavy atom. The van der Waals surface area contributed by atoms with Crippen molar-refractivity contribution in [3.8, 4) is 0 Å². The van der Waals surface area contributed by atoms with Crippen LogP contribution in [0.25, 0.3) is 0 Å². The van der Waals surface area contributed by atoms with Gasteiger partial charge in [0.05, 0.1) is 0 Å². The van der Waals surface area contributed by atoms with Crippen molar-refractivity contribution in [1.29, 1.82) is 0 Å². The first-order valence-electron chi connectivity index (χ1n) is 6.47. The average Bonchev–Trinajstić information content (AvgIpc) is 2.37. The van der Waals surface area contributed by atoms with E-state index in [-0.39, 0.29) is 0 Å². The minimum Gasteiger partial charge on any atom is -0.312 e. The summed E-state index contributed by atoms with van der Waals surface area (Å²) < 4.78 is 0. The van der Waals surface area contributed by atoms with Crippen LogP contribution in [0.15, 0.2) is 42.6 Å². The average molecular weight is 238 g/mol. The van der Waals surface area contributed by atoms with Gasteiger partial charge in [-0.15, -0.1) is 0 Å². The quantitative estimate of drug-likeness (QED) is 0.889. The van der Waals surface area contributed by atoms with Crippen molar-refractivity contribution in [3.63, 3.8) is 0 Å². The predicted molar refractivity (Wildman–Crippen MR) is 73.7 cm³/mol. The molecule has 0 fully saturated rings. The van der Waals surface area contributed by atoms with Gasteiger partial charge in [0.1, 0.15) is 0 Å². The number of nitrogens with zero attached hydrogens (tertiary/aromatic N) is 1. The SMILES string of the molecule is CNC(c1ccc(C)nc1)C1Cc2ccccc21. The summed E-state index contributed by atoms with van der Waals surface area (Å²) in [7, 11) is 2.03. The number of benzene rings is 1. The van der Waals surface area contributed by atoms with Gasteiger partial charge >= 0.3 is 0 Å². The highest BCUT2D eigenvalue weighted by molar-refractivity contribution is 5.42. The van der Waals surface area contributed by atoms with Crippen LogP contribution in [0.1, 0.15) is 34.3 Å². The molecule has 0 bridgehead atoms. The first-order chi connectivity index (χ1) is 8.79. The second-order valence-electron chi connectivity index (χ2n) is 5.01. The Labute approximate surface area is 108 Å². The molecule has 1 aliphatic rings. The molecule has 1 heterocycles. The van der Waals surface area contributed by atoms with Crippen molar-refractivity contribution in [2.75, 3.05) is 7.05 Å². The van der Waals surface area contributed by atoms with E-state index in [4.69, 9.17) is 0 Å². The van der Waals surface area contributed by atoms with Gasteiger partial charge in [0, 0.05) is 23.9 Å². The van der Waals surface area contributed by atoms with Crippen molar-refractivity contribution in [3.05, 3.63) is 65.0 Å². The maximum Gasteiger partial charge on any atom is 0.0405 e. The van der Waals surface area contributed by atoms with Crippen molar-refractivity contribution >= 4 is 0 Å². The highest BCUT2D eigenvalue weighted by Crippen LogP contribution is 2.43. The molecular weight excluding hydrogens is 220 g/mol. The summed E-state index contributed by atoms with van der Waals surface area (Å²) in [5.74, 6) is 0.579. The van der Waals surface area contributed by atoms with Crippen LogP contribution >= 0.6 is 0 Å². The normalized spacial score (nSPS) is 18.9. The van der Waals surface area contributed by atoms with E-state index >= 15 is 0 Å². The van der Waals surface area contributed by atoms with Crippen molar-refractivity contribution < 1.29 is 0 Å². The number of hydrogen-bond donors (Lipinski definition) is 1. The molecule has 92 valence electrons. The molecule has 1 aromatic carbocycles. The smallest absolute Gasteiger partial charge is 0.0405 e. The molecule has 0 saturated carbocycles. The lowest BCUT2D eigenvalue weighted by molar-refractivity contribution is 0.438. The van der Waals surface area contributed by atoms with Gasteiger partial charge in [-0.2, -0.15) is 0 Å². The molecule has 1 N–H and O–H groups in total. The van der Waals surface area contributed by atoms with Crippen LogP contribution in [0.2, 0.25) is 0 Å². The molecule has 3 rings (SSSR count). The molecule has 2 aromatic rings. The van der Waals surface area contributed by atoms with Gasteiger partial charge in [0.2, 0.25) is 0 Å². The number of aromatic nitrogens is 1. The minimum atomic E-state index is 0.369. The maximum absolute atomic E-state index is 4.40. The Hall–Kier alpha value is -1.67. The topological polar surface area (TPSA) is 24.9 Å². The third kappa shape index (κ3) is 1.83. The van der Waals surface area contributed by atoms with Gasteiger partial charge in [-0.05, 0) is 43.1 Å². The summed E-state index contributed by atoms with van der Waals surface area (Å²) >= 11 is 0. The van der Waals surface area contributed by atoms with Gasteiger partial charge in [0.15, 0.2) is 0 Å². The zero-order valence-corrected chi connectivity index (χ0v) is 10.9. The van der Waals surface area contributed by atoms with Crippen LogP contribution in [0, 0.1) is 6.92 Å². The number of nitrogens with one attached hydrogen (secondary N) is 1. The summed E-state index contributed by atoms with van der Waals surface area (Å²) in [6.07, 6.45) is 3.16. The molecule has 18 heavy (non-hydrogen) atoms. The third-order valence-corrected chi connectivity index (χ3v) is 3.90. The van der Waals surface area contributed by atoms with E-state index in [1.807, 2.05) is 20.2 Å². The molecular formula is C16H18N2. The summed E-state index contributed by atoms with van der Waals surface area (Å²) in [5, 5.41) is 3.44. The second-order valence-corrected chi connectivity index (χ2v) is 5.01. The summed E-state index contributed by atoms with van der Waals surface area (Å²) in [6, 6.07) is 13.4. The van der Waals surface area contributed by atoms with Gasteiger partial charge < -0.3 is 5.32 Å². The van der Waals surface area contributed by atoms with Gasteiger partial charge in [0.25, 0.3) is 0 Å². The third-order valence-electron chi connectivity index (χ3n) is 3.90. The molecule has 0 amide bonds. The first-order valence-corrected chi connectivity index (χ1v) is 6.47. The van der Waals surface area contributed by atoms with Crippen molar-refractivity contribution in [2.24, 2.45) is 0 Å². The first kappa shape index (κ1) is 11.4. The molecule has 1 aromatic heterocycles. The van der Waals surface area contributed by atoms with E-state index < -0.39 is 0 Å². The molecule has 2 nitrogen and oxygen atoms in total. The Morgan fingerprint density at radius 3 is 2.72 bits per heavy atom. The fourth-order valence-corrected chi connectivity index (χ4v) is 2.86. The van der Waals surface area contributed by atoms with Crippen molar-refractivity contribution in [1.82, 2.24) is 10.3 Å². The van der Waals surface area contributed by atoms with E-state index in [1.54, 1.807) is 0 Å². The van der Waals surface area contributed by atoms with E-state index in [2.05, 4.69) is 46.7 Å². The number of pyridine rings is 1. The number of hydrogen-bond acceptors (Lipinski definition) is 2. The van der Waals surface area contributed by atoms with E-state index in [9.17, 15) is 0 Å². The lowest BCUT2D eigenvalue weighted by Crippen LogP contribution is -2.31. The van der Waals surface area contributed by atoms with Crippen LogP contribution in [0.5, 0.6) is 0 Å². The molecule has 1 aliphatic carbocycles. The summed E-state index contributed by atoms with van der Waals surface area (Å²) in [4.78, 5) is 4.40.